The van der Waals surface area contributed by atoms with E-state index in [0.717, 1.165) is 62.5 Å². The molecule has 0 aromatic heterocycles. The largest absolute Gasteiger partial charge is 0.393 e. The number of rotatable bonds is 11. The van der Waals surface area contributed by atoms with Gasteiger partial charge < -0.3 is 10.2 Å². The molecule has 0 heterocycles. The van der Waals surface area contributed by atoms with E-state index in [0.29, 0.717) is 18.5 Å². The van der Waals surface area contributed by atoms with Gasteiger partial charge in [-0.05, 0) is 96.8 Å². The van der Waals surface area contributed by atoms with Crippen molar-refractivity contribution in [1.82, 2.24) is 0 Å². The van der Waals surface area contributed by atoms with Gasteiger partial charge in [-0.1, -0.05) is 44.7 Å². The van der Waals surface area contributed by atoms with E-state index in [1.807, 2.05) is 6.07 Å². The Hall–Kier alpha value is -1.88. The first-order valence-corrected chi connectivity index (χ1v) is 15.3. The molecule has 2 fully saturated rings. The summed E-state index contributed by atoms with van der Waals surface area (Å²) in [6, 6.07) is 5.43. The second kappa shape index (κ2) is 11.5. The van der Waals surface area contributed by atoms with E-state index < -0.39 is 28.3 Å². The molecule has 1 aromatic rings. The van der Waals surface area contributed by atoms with E-state index in [2.05, 4.69) is 24.3 Å². The summed E-state index contributed by atoms with van der Waals surface area (Å²) in [7, 11) is -4.38. The van der Waals surface area contributed by atoms with E-state index in [9.17, 15) is 36.4 Å². The van der Waals surface area contributed by atoms with Crippen molar-refractivity contribution >= 4 is 16.0 Å². The average molecular weight is 572 g/mol. The van der Waals surface area contributed by atoms with Crippen LogP contribution in [0, 0.1) is 22.7 Å². The van der Waals surface area contributed by atoms with E-state index in [1.165, 1.54) is 0 Å². The van der Waals surface area contributed by atoms with Crippen molar-refractivity contribution in [3.63, 3.8) is 0 Å². The first-order valence-electron chi connectivity index (χ1n) is 13.9. The quantitative estimate of drug-likeness (QED) is 0.135. The lowest BCUT2D eigenvalue weighted by atomic mass is 9.44. The van der Waals surface area contributed by atoms with Crippen LogP contribution in [0.5, 0.6) is 0 Å². The van der Waals surface area contributed by atoms with Crippen LogP contribution in [-0.2, 0) is 16.7 Å². The van der Waals surface area contributed by atoms with Crippen LogP contribution in [-0.4, -0.2) is 35.4 Å². The molecule has 0 bridgehead atoms. The lowest BCUT2D eigenvalue weighted by molar-refractivity contribution is -0.0812. The van der Waals surface area contributed by atoms with Crippen molar-refractivity contribution in [2.24, 2.45) is 22.7 Å². The molecule has 0 aliphatic heterocycles. The second-order valence-electron chi connectivity index (χ2n) is 12.0. The van der Waals surface area contributed by atoms with Gasteiger partial charge in [0.05, 0.1) is 11.8 Å². The third kappa shape index (κ3) is 5.94. The molecular weight excluding hydrogens is 531 g/mol. The topological polar surface area (TPSA) is 107 Å². The Morgan fingerprint density at radius 1 is 1.21 bits per heavy atom. The molecular formula is C29H40F3NO5S. The van der Waals surface area contributed by atoms with Gasteiger partial charge in [0.1, 0.15) is 6.10 Å². The van der Waals surface area contributed by atoms with Gasteiger partial charge in [0.25, 0.3) is 0 Å². The molecule has 4 rings (SSSR count). The zero-order valence-electron chi connectivity index (χ0n) is 22.4. The van der Waals surface area contributed by atoms with Crippen molar-refractivity contribution in [2.75, 3.05) is 4.72 Å². The molecule has 2 saturated carbocycles. The molecule has 1 aromatic carbocycles. The van der Waals surface area contributed by atoms with Gasteiger partial charge in [-0.15, -0.1) is 6.58 Å². The van der Waals surface area contributed by atoms with Crippen molar-refractivity contribution in [3.05, 3.63) is 53.9 Å². The molecule has 0 amide bonds. The van der Waals surface area contributed by atoms with E-state index in [1.54, 1.807) is 12.1 Å². The summed E-state index contributed by atoms with van der Waals surface area (Å²) < 4.78 is 72.0. The van der Waals surface area contributed by atoms with Crippen LogP contribution >= 0.6 is 0 Å². The van der Waals surface area contributed by atoms with Crippen molar-refractivity contribution in [1.29, 1.82) is 0 Å². The van der Waals surface area contributed by atoms with E-state index in [4.69, 9.17) is 0 Å². The number of hydrogen-bond donors (Lipinski definition) is 4. The number of unbranched alkanes of at least 4 members (excludes halogenated alkanes) is 3. The molecule has 3 aliphatic carbocycles. The Labute approximate surface area is 229 Å². The summed E-state index contributed by atoms with van der Waals surface area (Å²) in [6.07, 6.45) is 5.25. The first kappa shape index (κ1) is 30.1. The van der Waals surface area contributed by atoms with E-state index >= 15 is 0 Å². The summed E-state index contributed by atoms with van der Waals surface area (Å²) in [5, 5.41) is 20.6. The number of allylic oxidation sites excluding steroid dienone is 1. The zero-order chi connectivity index (χ0) is 28.6. The fourth-order valence-corrected chi connectivity index (χ4v) is 8.69. The summed E-state index contributed by atoms with van der Waals surface area (Å²) >= 11 is 0. The predicted molar refractivity (Wildman–Crippen MR) is 144 cm³/mol. The van der Waals surface area contributed by atoms with Crippen molar-refractivity contribution < 1.29 is 36.4 Å². The fraction of sp³-hybridized carbons (Fsp3) is 0.655. The van der Waals surface area contributed by atoms with Gasteiger partial charge in [0.15, 0.2) is 5.83 Å². The smallest absolute Gasteiger partial charge is 0.357 e. The van der Waals surface area contributed by atoms with Gasteiger partial charge in [0, 0.05) is 0 Å². The van der Waals surface area contributed by atoms with Crippen LogP contribution < -0.4 is 4.72 Å². The highest BCUT2D eigenvalue weighted by molar-refractivity contribution is 7.87. The minimum absolute atomic E-state index is 0.0476. The summed E-state index contributed by atoms with van der Waals surface area (Å²) in [4.78, 5) is 0. The van der Waals surface area contributed by atoms with Gasteiger partial charge in [-0.2, -0.15) is 17.2 Å². The highest BCUT2D eigenvalue weighted by atomic mass is 32.2. The molecule has 0 spiro atoms. The minimum atomic E-state index is -4.38. The number of anilines is 1. The second-order valence-corrected chi connectivity index (χ2v) is 13.2. The molecule has 0 radical (unpaired) electrons. The zero-order valence-corrected chi connectivity index (χ0v) is 23.2. The maximum absolute atomic E-state index is 13.2. The van der Waals surface area contributed by atoms with Gasteiger partial charge >= 0.3 is 16.4 Å². The average Bonchev–Trinajstić information content (AvgIpc) is 3.18. The number of nitrogens with one attached hydrogen (secondary N) is 1. The van der Waals surface area contributed by atoms with Crippen LogP contribution in [0.2, 0.25) is 0 Å². The Morgan fingerprint density at radius 2 is 1.92 bits per heavy atom. The number of fused-ring (bicyclic) bond motifs is 5. The first-order chi connectivity index (χ1) is 18.3. The number of aryl methyl sites for hydroxylation is 1. The maximum Gasteiger partial charge on any atom is 0.357 e. The summed E-state index contributed by atoms with van der Waals surface area (Å²) in [5.74, 6) is -1.08. The number of aliphatic hydroxyl groups excluding tert-OH is 2. The monoisotopic (exact) mass is 571 g/mol. The number of aliphatic hydroxyl groups is 2. The molecule has 6 nitrogen and oxygen atoms in total. The van der Waals surface area contributed by atoms with Crippen molar-refractivity contribution in [2.45, 2.75) is 95.7 Å². The van der Waals surface area contributed by atoms with Crippen LogP contribution in [0.3, 0.4) is 0 Å². The standard InChI is InChI=1S/C29H40F3NO5S/c1-3-29-15-14-18-16-20(33-39(36,37)38)10-11-21(18)25(29)19(17-28(2)23(29)12-13-24(28)35)8-6-4-5-7-9-22(34)26(30)27(31)32/h3,10-11,16,19,22-25,33-35H,1,4-9,12-15,17H2,2H3,(H,36,37,38)/t19-,22-,23?,24-,25?,28-,29?/m0/s1. The summed E-state index contributed by atoms with van der Waals surface area (Å²) in [5.41, 5.74) is 2.09. The third-order valence-electron chi connectivity index (χ3n) is 9.90. The Balaban J connectivity index is 1.54. The molecule has 218 valence electrons. The lowest BCUT2D eigenvalue weighted by Crippen LogP contribution is -2.54. The van der Waals surface area contributed by atoms with E-state index in [-0.39, 0.29) is 41.1 Å². The fourth-order valence-electron chi connectivity index (χ4n) is 8.27. The Morgan fingerprint density at radius 3 is 2.59 bits per heavy atom. The lowest BCUT2D eigenvalue weighted by Gasteiger charge is -2.60. The van der Waals surface area contributed by atoms with Crippen LogP contribution in [0.1, 0.15) is 88.2 Å². The number of benzene rings is 1. The normalized spacial score (nSPS) is 32.5. The Bertz CT molecular complexity index is 1200. The van der Waals surface area contributed by atoms with Crippen molar-refractivity contribution in [3.8, 4) is 0 Å². The van der Waals surface area contributed by atoms with Gasteiger partial charge in [-0.3, -0.25) is 9.27 Å². The molecule has 10 heteroatoms. The SMILES string of the molecule is C=CC12CCc3cc(NS(=O)(=O)O)ccc3C1[C@@H](CCCCCC[C@H](O)C(F)=C(F)F)C[C@@]1(C)C2CC[C@@H]1O. The van der Waals surface area contributed by atoms with Crippen LogP contribution in [0.4, 0.5) is 18.9 Å². The maximum atomic E-state index is 13.2. The van der Waals surface area contributed by atoms with Crippen LogP contribution in [0.15, 0.2) is 42.8 Å². The number of halogens is 3. The summed E-state index contributed by atoms with van der Waals surface area (Å²) in [6.45, 7) is 6.50. The number of hydrogen-bond acceptors (Lipinski definition) is 4. The molecule has 3 unspecified atom stereocenters. The molecule has 0 saturated heterocycles. The van der Waals surface area contributed by atoms with Gasteiger partial charge in [0.2, 0.25) is 0 Å². The predicted octanol–water partition coefficient (Wildman–Crippen LogP) is 6.68. The highest BCUT2D eigenvalue weighted by Gasteiger charge is 2.63. The highest BCUT2D eigenvalue weighted by Crippen LogP contribution is 2.69. The third-order valence-corrected chi connectivity index (χ3v) is 10.4. The molecule has 39 heavy (non-hydrogen) atoms. The van der Waals surface area contributed by atoms with Gasteiger partial charge in [-0.25, -0.2) is 4.39 Å². The Kier molecular flexibility index (Phi) is 8.91. The minimum Gasteiger partial charge on any atom is -0.393 e. The molecule has 3 aliphatic rings. The molecule has 4 N–H and O–H groups in total. The molecule has 7 atom stereocenters. The van der Waals surface area contributed by atoms with Crippen LogP contribution in [0.25, 0.3) is 0 Å².